The maximum absolute atomic E-state index is 2.33. The first-order valence-corrected chi connectivity index (χ1v) is 9.70. The van der Waals surface area contributed by atoms with Gasteiger partial charge in [-0.2, -0.15) is 0 Å². The van der Waals surface area contributed by atoms with Gasteiger partial charge < -0.3 is 0 Å². The van der Waals surface area contributed by atoms with Crippen LogP contribution in [0.3, 0.4) is 0 Å². The lowest BCUT2D eigenvalue weighted by Gasteiger charge is -2.33. The lowest BCUT2D eigenvalue weighted by Crippen LogP contribution is -2.28. The van der Waals surface area contributed by atoms with E-state index < -0.39 is 0 Å². The summed E-state index contributed by atoms with van der Waals surface area (Å²) in [7, 11) is 0. The molecule has 0 heteroatoms. The average Bonchev–Trinajstić information content (AvgIpc) is 3.06. The first-order chi connectivity index (χ1) is 13.4. The summed E-state index contributed by atoms with van der Waals surface area (Å²) < 4.78 is 0. The molecule has 0 nitrogen and oxygen atoms in total. The first kappa shape index (κ1) is 16.1. The third-order valence-corrected chi connectivity index (χ3v) is 5.95. The maximum atomic E-state index is 2.33. The Kier molecular flexibility index (Phi) is 3.72. The SMILES string of the molecule is CCc1cccc2c1-c1ccccc1C2(c1ccccc1)c1ccccc1. The molecule has 1 aliphatic rings. The molecule has 0 spiro atoms. The molecule has 0 fully saturated rings. The van der Waals surface area contributed by atoms with Gasteiger partial charge in [-0.3, -0.25) is 0 Å². The van der Waals surface area contributed by atoms with E-state index in [4.69, 9.17) is 0 Å². The van der Waals surface area contributed by atoms with Crippen molar-refractivity contribution in [1.29, 1.82) is 0 Å². The first-order valence-electron chi connectivity index (χ1n) is 9.70. The molecule has 0 unspecified atom stereocenters. The van der Waals surface area contributed by atoms with Crippen LogP contribution < -0.4 is 0 Å². The van der Waals surface area contributed by atoms with Crippen molar-refractivity contribution in [3.8, 4) is 11.1 Å². The summed E-state index contributed by atoms with van der Waals surface area (Å²) in [4.78, 5) is 0. The summed E-state index contributed by atoms with van der Waals surface area (Å²) in [6.07, 6.45) is 1.04. The molecular weight excluding hydrogens is 324 g/mol. The van der Waals surface area contributed by atoms with Crippen molar-refractivity contribution in [2.24, 2.45) is 0 Å². The molecule has 0 N–H and O–H groups in total. The van der Waals surface area contributed by atoms with E-state index in [-0.39, 0.29) is 5.41 Å². The largest absolute Gasteiger partial charge is 0.0713 e. The summed E-state index contributed by atoms with van der Waals surface area (Å²) in [5.74, 6) is 0. The molecular formula is C27H22. The molecule has 130 valence electrons. The van der Waals surface area contributed by atoms with Gasteiger partial charge in [0.25, 0.3) is 0 Å². The minimum atomic E-state index is -0.264. The van der Waals surface area contributed by atoms with Gasteiger partial charge in [-0.1, -0.05) is 110 Å². The molecule has 0 saturated carbocycles. The van der Waals surface area contributed by atoms with Crippen LogP contribution in [0.25, 0.3) is 11.1 Å². The van der Waals surface area contributed by atoms with Gasteiger partial charge in [-0.25, -0.2) is 0 Å². The van der Waals surface area contributed by atoms with Crippen LogP contribution in [-0.2, 0) is 11.8 Å². The van der Waals surface area contributed by atoms with Gasteiger partial charge in [-0.05, 0) is 45.4 Å². The third kappa shape index (κ3) is 2.16. The lowest BCUT2D eigenvalue weighted by molar-refractivity contribution is 0.767. The quantitative estimate of drug-likeness (QED) is 0.345. The van der Waals surface area contributed by atoms with E-state index in [0.717, 1.165) is 6.42 Å². The van der Waals surface area contributed by atoms with Crippen molar-refractivity contribution in [2.75, 3.05) is 0 Å². The molecule has 1 aliphatic carbocycles. The normalized spacial score (nSPS) is 13.8. The van der Waals surface area contributed by atoms with E-state index in [1.807, 2.05) is 0 Å². The van der Waals surface area contributed by atoms with Gasteiger partial charge in [0, 0.05) is 0 Å². The summed E-state index contributed by atoms with van der Waals surface area (Å²) in [6, 6.07) is 37.7. The molecule has 5 rings (SSSR count). The lowest BCUT2D eigenvalue weighted by atomic mass is 9.67. The van der Waals surface area contributed by atoms with Gasteiger partial charge in [0.05, 0.1) is 5.41 Å². The molecule has 0 saturated heterocycles. The minimum absolute atomic E-state index is 0.264. The predicted molar refractivity (Wildman–Crippen MR) is 113 cm³/mol. The Morgan fingerprint density at radius 2 is 1.11 bits per heavy atom. The van der Waals surface area contributed by atoms with Crippen LogP contribution in [0.15, 0.2) is 103 Å². The molecule has 27 heavy (non-hydrogen) atoms. The van der Waals surface area contributed by atoms with Crippen LogP contribution in [0.1, 0.15) is 34.7 Å². The zero-order chi connectivity index (χ0) is 18.3. The van der Waals surface area contributed by atoms with Gasteiger partial charge in [0.15, 0.2) is 0 Å². The monoisotopic (exact) mass is 346 g/mol. The molecule has 4 aromatic rings. The summed E-state index contributed by atoms with van der Waals surface area (Å²) in [5.41, 5.74) is 9.40. The van der Waals surface area contributed by atoms with E-state index in [0.29, 0.717) is 0 Å². The average molecular weight is 346 g/mol. The van der Waals surface area contributed by atoms with E-state index in [9.17, 15) is 0 Å². The number of benzene rings is 4. The minimum Gasteiger partial charge on any atom is -0.0622 e. The van der Waals surface area contributed by atoms with Crippen molar-refractivity contribution in [3.63, 3.8) is 0 Å². The summed E-state index contributed by atoms with van der Waals surface area (Å²) in [5, 5.41) is 0. The highest BCUT2D eigenvalue weighted by molar-refractivity contribution is 5.88. The molecule has 0 bridgehead atoms. The fourth-order valence-corrected chi connectivity index (χ4v) is 4.86. The second-order valence-corrected chi connectivity index (χ2v) is 7.22. The molecule has 0 amide bonds. The van der Waals surface area contributed by atoms with Crippen LogP contribution in [0.2, 0.25) is 0 Å². The highest BCUT2D eigenvalue weighted by Crippen LogP contribution is 2.56. The standard InChI is InChI=1S/C27H22/c1-2-20-12-11-19-25-26(20)23-17-9-10-18-24(23)27(25,21-13-5-3-6-14-21)22-15-7-4-8-16-22/h3-19H,2H2,1H3. The van der Waals surface area contributed by atoms with Crippen molar-refractivity contribution in [1.82, 2.24) is 0 Å². The van der Waals surface area contributed by atoms with E-state index in [1.165, 1.54) is 38.9 Å². The molecule has 0 heterocycles. The second kappa shape index (κ2) is 6.25. The van der Waals surface area contributed by atoms with Crippen molar-refractivity contribution < 1.29 is 0 Å². The Hall–Kier alpha value is -3.12. The Bertz CT molecular complexity index is 1050. The number of fused-ring (bicyclic) bond motifs is 3. The number of aryl methyl sites for hydroxylation is 1. The Labute approximate surface area is 161 Å². The fourth-order valence-electron chi connectivity index (χ4n) is 4.86. The summed E-state index contributed by atoms with van der Waals surface area (Å²) >= 11 is 0. The highest BCUT2D eigenvalue weighted by atomic mass is 14.5. The van der Waals surface area contributed by atoms with Gasteiger partial charge in [0.2, 0.25) is 0 Å². The topological polar surface area (TPSA) is 0 Å². The van der Waals surface area contributed by atoms with E-state index in [1.54, 1.807) is 0 Å². The summed E-state index contributed by atoms with van der Waals surface area (Å²) in [6.45, 7) is 2.25. The van der Waals surface area contributed by atoms with Crippen molar-refractivity contribution in [3.05, 3.63) is 131 Å². The van der Waals surface area contributed by atoms with Gasteiger partial charge in [-0.15, -0.1) is 0 Å². The zero-order valence-electron chi connectivity index (χ0n) is 15.5. The van der Waals surface area contributed by atoms with Gasteiger partial charge >= 0.3 is 0 Å². The second-order valence-electron chi connectivity index (χ2n) is 7.22. The Morgan fingerprint density at radius 3 is 1.74 bits per heavy atom. The molecule has 0 aliphatic heterocycles. The third-order valence-electron chi connectivity index (χ3n) is 5.95. The zero-order valence-corrected chi connectivity index (χ0v) is 15.5. The molecule has 0 aromatic heterocycles. The van der Waals surface area contributed by atoms with E-state index in [2.05, 4.69) is 110 Å². The smallest absolute Gasteiger partial charge is 0.0622 e. The number of hydrogen-bond acceptors (Lipinski definition) is 0. The van der Waals surface area contributed by atoms with Gasteiger partial charge in [0.1, 0.15) is 0 Å². The highest BCUT2D eigenvalue weighted by Gasteiger charge is 2.46. The Morgan fingerprint density at radius 1 is 0.556 bits per heavy atom. The fraction of sp³-hybridized carbons (Fsp3) is 0.111. The van der Waals surface area contributed by atoms with Crippen LogP contribution >= 0.6 is 0 Å². The predicted octanol–water partition coefficient (Wildman–Crippen LogP) is 6.61. The Balaban J connectivity index is 1.99. The molecule has 4 aromatic carbocycles. The van der Waals surface area contributed by atoms with Crippen LogP contribution in [0.4, 0.5) is 0 Å². The molecule has 0 atom stereocenters. The van der Waals surface area contributed by atoms with Crippen molar-refractivity contribution >= 4 is 0 Å². The van der Waals surface area contributed by atoms with Crippen LogP contribution in [0.5, 0.6) is 0 Å². The number of hydrogen-bond donors (Lipinski definition) is 0. The van der Waals surface area contributed by atoms with Crippen LogP contribution in [-0.4, -0.2) is 0 Å². The maximum Gasteiger partial charge on any atom is 0.0713 e. The molecule has 0 radical (unpaired) electrons. The van der Waals surface area contributed by atoms with Crippen LogP contribution in [0, 0.1) is 0 Å². The number of rotatable bonds is 3. The van der Waals surface area contributed by atoms with Crippen molar-refractivity contribution in [2.45, 2.75) is 18.8 Å². The van der Waals surface area contributed by atoms with E-state index >= 15 is 0 Å².